The van der Waals surface area contributed by atoms with Crippen LogP contribution in [0.5, 0.6) is 11.5 Å². The number of carboxylic acids is 1. The van der Waals surface area contributed by atoms with E-state index in [-0.39, 0.29) is 23.6 Å². The second kappa shape index (κ2) is 13.1. The van der Waals surface area contributed by atoms with Gasteiger partial charge in [-0.3, -0.25) is 14.2 Å². The van der Waals surface area contributed by atoms with Gasteiger partial charge in [0.2, 0.25) is 0 Å². The first-order chi connectivity index (χ1) is 22.3. The molecule has 1 aliphatic heterocycles. The van der Waals surface area contributed by atoms with Crippen LogP contribution in [0.15, 0.2) is 124 Å². The van der Waals surface area contributed by atoms with E-state index in [4.69, 9.17) is 14.5 Å². The summed E-state index contributed by atoms with van der Waals surface area (Å²) in [6, 6.07) is 29.6. The lowest BCUT2D eigenvalue weighted by Gasteiger charge is -2.25. The Balaban J connectivity index is 1.32. The molecule has 0 aliphatic carbocycles. The number of methoxy groups -OCH3 is 1. The van der Waals surface area contributed by atoms with Crippen molar-refractivity contribution in [2.24, 2.45) is 4.99 Å². The van der Waals surface area contributed by atoms with Gasteiger partial charge in [-0.05, 0) is 78.2 Å². The summed E-state index contributed by atoms with van der Waals surface area (Å²) >= 11 is 1.26. The molecule has 1 amide bonds. The predicted molar refractivity (Wildman–Crippen MR) is 176 cm³/mol. The van der Waals surface area contributed by atoms with Gasteiger partial charge in [-0.25, -0.2) is 9.79 Å². The minimum atomic E-state index is -0.992. The number of benzene rings is 4. The minimum absolute atomic E-state index is 0.200. The third-order valence-corrected chi connectivity index (χ3v) is 8.47. The highest BCUT2D eigenvalue weighted by Crippen LogP contribution is 2.31. The van der Waals surface area contributed by atoms with E-state index < -0.39 is 12.0 Å². The Labute approximate surface area is 268 Å². The molecular weight excluding hydrogens is 602 g/mol. The van der Waals surface area contributed by atoms with Gasteiger partial charge in [0.05, 0.1) is 34.5 Å². The Hall–Kier alpha value is -5.74. The Kier molecular flexibility index (Phi) is 8.62. The number of nitrogens with one attached hydrogen (secondary N) is 1. The van der Waals surface area contributed by atoms with Crippen molar-refractivity contribution >= 4 is 35.0 Å². The van der Waals surface area contributed by atoms with Gasteiger partial charge < -0.3 is 19.9 Å². The van der Waals surface area contributed by atoms with Crippen LogP contribution < -0.4 is 29.7 Å². The van der Waals surface area contributed by atoms with Crippen molar-refractivity contribution in [3.05, 3.63) is 156 Å². The molecule has 6 rings (SSSR count). The highest BCUT2D eigenvalue weighted by atomic mass is 32.1. The zero-order valence-electron chi connectivity index (χ0n) is 25.0. The van der Waals surface area contributed by atoms with Gasteiger partial charge in [-0.1, -0.05) is 65.9 Å². The fraction of sp³-hybridized carbons (Fsp3) is 0.111. The average Bonchev–Trinajstić information content (AvgIpc) is 3.37. The molecule has 1 atom stereocenters. The van der Waals surface area contributed by atoms with Gasteiger partial charge in [-0.2, -0.15) is 0 Å². The molecule has 0 unspecified atom stereocenters. The second-order valence-corrected chi connectivity index (χ2v) is 11.5. The van der Waals surface area contributed by atoms with Crippen LogP contribution in [-0.2, 0) is 11.4 Å². The van der Waals surface area contributed by atoms with Gasteiger partial charge in [0.15, 0.2) is 4.80 Å². The highest BCUT2D eigenvalue weighted by Gasteiger charge is 2.32. The second-order valence-electron chi connectivity index (χ2n) is 10.5. The number of rotatable bonds is 9. The number of hydrogen-bond acceptors (Lipinski definition) is 7. The highest BCUT2D eigenvalue weighted by molar-refractivity contribution is 7.07. The maximum Gasteiger partial charge on any atom is 0.335 e. The van der Waals surface area contributed by atoms with E-state index in [1.807, 2.05) is 42.5 Å². The van der Waals surface area contributed by atoms with Crippen LogP contribution >= 0.6 is 11.3 Å². The molecule has 5 aromatic rings. The zero-order valence-corrected chi connectivity index (χ0v) is 25.8. The van der Waals surface area contributed by atoms with Crippen LogP contribution in [0.2, 0.25) is 0 Å². The Morgan fingerprint density at radius 1 is 0.957 bits per heavy atom. The number of para-hydroxylation sites is 1. The number of carbonyl (C=O) groups excluding carboxylic acids is 1. The molecule has 230 valence electrons. The van der Waals surface area contributed by atoms with E-state index in [0.29, 0.717) is 37.8 Å². The Morgan fingerprint density at radius 3 is 2.37 bits per heavy atom. The maximum absolute atomic E-state index is 14.0. The summed E-state index contributed by atoms with van der Waals surface area (Å²) in [4.78, 5) is 44.2. The van der Waals surface area contributed by atoms with Crippen molar-refractivity contribution in [2.75, 3.05) is 12.4 Å². The van der Waals surface area contributed by atoms with E-state index in [0.717, 1.165) is 16.7 Å². The lowest BCUT2D eigenvalue weighted by atomic mass is 9.95. The van der Waals surface area contributed by atoms with Crippen LogP contribution in [0.3, 0.4) is 0 Å². The number of ether oxygens (including phenoxy) is 2. The van der Waals surface area contributed by atoms with Crippen molar-refractivity contribution in [2.45, 2.75) is 19.6 Å². The van der Waals surface area contributed by atoms with Crippen molar-refractivity contribution in [1.82, 2.24) is 4.57 Å². The molecule has 46 heavy (non-hydrogen) atoms. The number of fused-ring (bicyclic) bond motifs is 1. The fourth-order valence-electron chi connectivity index (χ4n) is 5.21. The normalized spacial score (nSPS) is 14.3. The van der Waals surface area contributed by atoms with E-state index in [1.165, 1.54) is 17.4 Å². The number of aromatic nitrogens is 1. The number of carbonyl (C=O) groups is 2. The number of amides is 1. The summed E-state index contributed by atoms with van der Waals surface area (Å²) in [5.74, 6) is -0.0710. The smallest absolute Gasteiger partial charge is 0.335 e. The monoisotopic (exact) mass is 631 g/mol. The summed E-state index contributed by atoms with van der Waals surface area (Å²) in [5, 5.41) is 12.2. The van der Waals surface area contributed by atoms with Gasteiger partial charge in [0.25, 0.3) is 11.5 Å². The fourth-order valence-corrected chi connectivity index (χ4v) is 6.25. The Bertz CT molecular complexity index is 2130. The number of anilines is 1. The molecule has 0 fully saturated rings. The number of allylic oxidation sites excluding steroid dienone is 1. The standard InChI is InChI=1S/C36H29N3O6S/c1-22-31(33(40)38-27-9-4-3-5-10-27)32(25-13-17-28(44-2)18-14-25)39-34(41)30(46-36(39)37-22)20-23-11-15-29(16-12-23)45-21-24-7-6-8-26(19-24)35(42)43/h3-20,32H,21H2,1-2H3,(H,38,40)(H,42,43)/b30-20+/t32-/m1/s1. The average molecular weight is 632 g/mol. The van der Waals surface area contributed by atoms with Crippen molar-refractivity contribution in [3.63, 3.8) is 0 Å². The first kappa shape index (κ1) is 30.3. The molecule has 9 nitrogen and oxygen atoms in total. The summed E-state index contributed by atoms with van der Waals surface area (Å²) in [5.41, 5.74) is 3.75. The summed E-state index contributed by atoms with van der Waals surface area (Å²) in [6.45, 7) is 1.99. The molecule has 0 radical (unpaired) electrons. The Morgan fingerprint density at radius 2 is 1.67 bits per heavy atom. The van der Waals surface area contributed by atoms with E-state index >= 15 is 0 Å². The van der Waals surface area contributed by atoms with Gasteiger partial charge in [0.1, 0.15) is 18.1 Å². The lowest BCUT2D eigenvalue weighted by molar-refractivity contribution is -0.113. The molecule has 2 heterocycles. The molecule has 0 saturated carbocycles. The molecule has 10 heteroatoms. The van der Waals surface area contributed by atoms with Gasteiger partial charge in [0, 0.05) is 5.69 Å². The lowest BCUT2D eigenvalue weighted by Crippen LogP contribution is -2.40. The van der Waals surface area contributed by atoms with Crippen molar-refractivity contribution in [3.8, 4) is 11.5 Å². The molecule has 2 N–H and O–H groups in total. The van der Waals surface area contributed by atoms with E-state index in [2.05, 4.69) is 5.32 Å². The molecule has 4 aromatic carbocycles. The topological polar surface area (TPSA) is 119 Å². The quantitative estimate of drug-likeness (QED) is 0.232. The van der Waals surface area contributed by atoms with Gasteiger partial charge in [-0.15, -0.1) is 0 Å². The molecule has 0 saturated heterocycles. The third kappa shape index (κ3) is 6.38. The van der Waals surface area contributed by atoms with Crippen LogP contribution in [0.4, 0.5) is 5.69 Å². The summed E-state index contributed by atoms with van der Waals surface area (Å²) in [6.07, 6.45) is 1.79. The number of hydrogen-bond donors (Lipinski definition) is 2. The predicted octanol–water partition coefficient (Wildman–Crippen LogP) is 5.16. The largest absolute Gasteiger partial charge is 0.497 e. The van der Waals surface area contributed by atoms with Crippen LogP contribution in [0.1, 0.15) is 40.0 Å². The molecule has 0 spiro atoms. The molecule has 0 bridgehead atoms. The summed E-state index contributed by atoms with van der Waals surface area (Å²) in [7, 11) is 1.58. The maximum atomic E-state index is 14.0. The van der Waals surface area contributed by atoms with Crippen LogP contribution in [0.25, 0.3) is 6.08 Å². The number of carboxylic acid groups (broad SMARTS) is 1. The number of aromatic carboxylic acids is 1. The minimum Gasteiger partial charge on any atom is -0.497 e. The SMILES string of the molecule is COc1ccc([C@@H]2C(C(=O)Nc3ccccc3)=C(C)N=c3s/c(=C/c4ccc(OCc5cccc(C(=O)O)c5)cc4)c(=O)n32)cc1. The van der Waals surface area contributed by atoms with Crippen LogP contribution in [0, 0.1) is 0 Å². The van der Waals surface area contributed by atoms with E-state index in [9.17, 15) is 19.5 Å². The molecule has 1 aromatic heterocycles. The van der Waals surface area contributed by atoms with Crippen molar-refractivity contribution < 1.29 is 24.2 Å². The first-order valence-electron chi connectivity index (χ1n) is 14.4. The van der Waals surface area contributed by atoms with E-state index in [1.54, 1.807) is 79.3 Å². The zero-order chi connectivity index (χ0) is 32.2. The number of nitrogens with zero attached hydrogens (tertiary/aromatic N) is 2. The number of thiazole rings is 1. The van der Waals surface area contributed by atoms with Crippen molar-refractivity contribution in [1.29, 1.82) is 0 Å². The first-order valence-corrected chi connectivity index (χ1v) is 15.2. The summed E-state index contributed by atoms with van der Waals surface area (Å²) < 4.78 is 13.2. The van der Waals surface area contributed by atoms with Gasteiger partial charge >= 0.3 is 5.97 Å². The molecular formula is C36H29N3O6S. The molecule has 1 aliphatic rings. The third-order valence-electron chi connectivity index (χ3n) is 7.49. The van der Waals surface area contributed by atoms with Crippen LogP contribution in [-0.4, -0.2) is 28.7 Å².